The number of benzene rings is 2. The van der Waals surface area contributed by atoms with Gasteiger partial charge in [-0.05, 0) is 61.7 Å². The molecular formula is C28H31FO8. The van der Waals surface area contributed by atoms with Crippen molar-refractivity contribution in [1.82, 2.24) is 0 Å². The van der Waals surface area contributed by atoms with E-state index in [1.54, 1.807) is 38.1 Å². The fourth-order valence-corrected chi connectivity index (χ4v) is 2.73. The van der Waals surface area contributed by atoms with Crippen LogP contribution >= 0.6 is 0 Å². The lowest BCUT2D eigenvalue weighted by atomic mass is 10.0. The number of hydrogen-bond donors (Lipinski definition) is 1. The van der Waals surface area contributed by atoms with Crippen LogP contribution in [0.25, 0.3) is 11.1 Å². The molecule has 0 aromatic heterocycles. The Hall–Kier alpha value is -4.11. The van der Waals surface area contributed by atoms with Crippen LogP contribution < -0.4 is 14.2 Å². The van der Waals surface area contributed by atoms with Crippen molar-refractivity contribution in [3.8, 4) is 28.4 Å². The molecule has 0 aliphatic carbocycles. The predicted molar refractivity (Wildman–Crippen MR) is 136 cm³/mol. The first-order chi connectivity index (χ1) is 17.5. The van der Waals surface area contributed by atoms with E-state index in [9.17, 15) is 19.1 Å². The van der Waals surface area contributed by atoms with Gasteiger partial charge in [-0.15, -0.1) is 0 Å². The van der Waals surface area contributed by atoms with Crippen molar-refractivity contribution in [2.75, 3.05) is 26.4 Å². The molecule has 0 saturated carbocycles. The first-order valence-electron chi connectivity index (χ1n) is 11.3. The van der Waals surface area contributed by atoms with Crippen LogP contribution in [0.5, 0.6) is 17.2 Å². The molecule has 0 aliphatic rings. The lowest BCUT2D eigenvalue weighted by Crippen LogP contribution is -2.16. The van der Waals surface area contributed by atoms with E-state index in [4.69, 9.17) is 23.7 Å². The predicted octanol–water partition coefficient (Wildman–Crippen LogP) is 4.76. The van der Waals surface area contributed by atoms with Gasteiger partial charge < -0.3 is 28.8 Å². The number of carbonyl (C=O) groups is 2. The number of esters is 2. The summed E-state index contributed by atoms with van der Waals surface area (Å²) in [7, 11) is 0. The molecule has 0 aliphatic heterocycles. The van der Waals surface area contributed by atoms with Crippen LogP contribution in [0.2, 0.25) is 0 Å². The van der Waals surface area contributed by atoms with Gasteiger partial charge in [0.2, 0.25) is 6.29 Å². The SMILES string of the molecule is C=C(C)C(=O)OCCOc1ccc(-c2ccc(OC(O)C(=C)C)c(F)c2)cc1OCCOC(=O)C(=C)C. The minimum Gasteiger partial charge on any atom is -0.486 e. The molecule has 0 spiro atoms. The highest BCUT2D eigenvalue weighted by Gasteiger charge is 2.14. The Kier molecular flexibility index (Phi) is 10.9. The third kappa shape index (κ3) is 9.12. The zero-order chi connectivity index (χ0) is 27.5. The van der Waals surface area contributed by atoms with E-state index in [-0.39, 0.29) is 43.3 Å². The van der Waals surface area contributed by atoms with Gasteiger partial charge in [-0.25, -0.2) is 14.0 Å². The maximum Gasteiger partial charge on any atom is 0.333 e. The molecule has 0 bridgehead atoms. The summed E-state index contributed by atoms with van der Waals surface area (Å²) in [6.07, 6.45) is -1.33. The van der Waals surface area contributed by atoms with Gasteiger partial charge in [-0.1, -0.05) is 31.9 Å². The Balaban J connectivity index is 2.19. The van der Waals surface area contributed by atoms with Gasteiger partial charge in [0.05, 0.1) is 0 Å². The van der Waals surface area contributed by atoms with Gasteiger partial charge >= 0.3 is 11.9 Å². The molecule has 37 heavy (non-hydrogen) atoms. The van der Waals surface area contributed by atoms with Gasteiger partial charge in [0.1, 0.15) is 26.4 Å². The monoisotopic (exact) mass is 514 g/mol. The number of aliphatic hydroxyl groups excluding tert-OH is 1. The Morgan fingerprint density at radius 3 is 1.76 bits per heavy atom. The molecule has 0 heterocycles. The van der Waals surface area contributed by atoms with Gasteiger partial charge in [0.15, 0.2) is 23.1 Å². The molecule has 9 heteroatoms. The normalized spacial score (nSPS) is 11.2. The highest BCUT2D eigenvalue weighted by molar-refractivity contribution is 5.87. The van der Waals surface area contributed by atoms with Crippen LogP contribution in [0.15, 0.2) is 72.9 Å². The summed E-state index contributed by atoms with van der Waals surface area (Å²) in [6.45, 7) is 15.3. The van der Waals surface area contributed by atoms with Crippen LogP contribution in [0.3, 0.4) is 0 Å². The van der Waals surface area contributed by atoms with Crippen molar-refractivity contribution >= 4 is 11.9 Å². The van der Waals surface area contributed by atoms with Gasteiger partial charge in [0, 0.05) is 11.1 Å². The third-order valence-electron chi connectivity index (χ3n) is 4.71. The Labute approximate surface area is 215 Å². The second-order valence-corrected chi connectivity index (χ2v) is 8.15. The molecule has 0 saturated heterocycles. The summed E-state index contributed by atoms with van der Waals surface area (Å²) < 4.78 is 41.3. The Bertz CT molecular complexity index is 1170. The van der Waals surface area contributed by atoms with E-state index < -0.39 is 24.0 Å². The number of rotatable bonds is 14. The fraction of sp³-hybridized carbons (Fsp3) is 0.286. The molecule has 1 unspecified atom stereocenters. The van der Waals surface area contributed by atoms with Crippen molar-refractivity contribution in [2.24, 2.45) is 0 Å². The molecule has 2 aromatic rings. The standard InChI is InChI=1S/C28H31FO8/c1-17(2)26(30)35-13-11-33-24-10-8-21(16-25(24)34-12-14-36-27(31)18(3)4)20-7-9-23(22(29)15-20)37-28(32)19(5)6/h7-10,15-16,28,32H,1,3,5,11-14H2,2,4,6H3. The lowest BCUT2D eigenvalue weighted by molar-refractivity contribution is -0.140. The van der Waals surface area contributed by atoms with Crippen molar-refractivity contribution in [2.45, 2.75) is 27.1 Å². The number of hydrogen-bond acceptors (Lipinski definition) is 8. The minimum atomic E-state index is -1.33. The maximum absolute atomic E-state index is 14.6. The van der Waals surface area contributed by atoms with Gasteiger partial charge in [-0.3, -0.25) is 0 Å². The highest BCUT2D eigenvalue weighted by atomic mass is 19.1. The summed E-state index contributed by atoms with van der Waals surface area (Å²) >= 11 is 0. The summed E-state index contributed by atoms with van der Waals surface area (Å²) in [6, 6.07) is 9.23. The molecule has 0 radical (unpaired) electrons. The van der Waals surface area contributed by atoms with E-state index in [2.05, 4.69) is 19.7 Å². The van der Waals surface area contributed by atoms with E-state index in [0.29, 0.717) is 28.2 Å². The molecule has 1 N–H and O–H groups in total. The first kappa shape index (κ1) is 29.1. The van der Waals surface area contributed by atoms with E-state index in [1.807, 2.05) is 0 Å². The Morgan fingerprint density at radius 2 is 1.27 bits per heavy atom. The molecule has 2 rings (SSSR count). The van der Waals surface area contributed by atoms with Crippen molar-refractivity contribution in [3.05, 3.63) is 78.7 Å². The third-order valence-corrected chi connectivity index (χ3v) is 4.71. The second kappa shape index (κ2) is 13.8. The topological polar surface area (TPSA) is 101 Å². The molecule has 0 amide bonds. The molecule has 8 nitrogen and oxygen atoms in total. The maximum atomic E-state index is 14.6. The molecular weight excluding hydrogens is 483 g/mol. The van der Waals surface area contributed by atoms with Crippen molar-refractivity contribution < 1.29 is 42.8 Å². The zero-order valence-corrected chi connectivity index (χ0v) is 21.2. The lowest BCUT2D eigenvalue weighted by Gasteiger charge is -2.16. The quantitative estimate of drug-likeness (QED) is 0.127. The molecule has 0 fully saturated rings. The number of ether oxygens (including phenoxy) is 5. The van der Waals surface area contributed by atoms with Crippen LogP contribution in [-0.2, 0) is 19.1 Å². The average molecular weight is 515 g/mol. The van der Waals surface area contributed by atoms with Crippen LogP contribution in [0, 0.1) is 5.82 Å². The largest absolute Gasteiger partial charge is 0.486 e. The van der Waals surface area contributed by atoms with Crippen LogP contribution in [0.1, 0.15) is 20.8 Å². The fourth-order valence-electron chi connectivity index (χ4n) is 2.73. The summed E-state index contributed by atoms with van der Waals surface area (Å²) in [4.78, 5) is 23.1. The molecule has 2 aromatic carbocycles. The average Bonchev–Trinajstić information content (AvgIpc) is 2.85. The van der Waals surface area contributed by atoms with E-state index in [1.165, 1.54) is 19.1 Å². The highest BCUT2D eigenvalue weighted by Crippen LogP contribution is 2.34. The van der Waals surface area contributed by atoms with Crippen LogP contribution in [0.4, 0.5) is 4.39 Å². The van der Waals surface area contributed by atoms with Crippen LogP contribution in [-0.4, -0.2) is 49.8 Å². The van der Waals surface area contributed by atoms with Crippen molar-refractivity contribution in [3.63, 3.8) is 0 Å². The molecule has 1 atom stereocenters. The molecule has 198 valence electrons. The zero-order valence-electron chi connectivity index (χ0n) is 21.2. The second-order valence-electron chi connectivity index (χ2n) is 8.15. The minimum absolute atomic E-state index is 0.00812. The Morgan fingerprint density at radius 1 is 0.784 bits per heavy atom. The number of carbonyl (C=O) groups excluding carboxylic acids is 2. The smallest absolute Gasteiger partial charge is 0.333 e. The summed E-state index contributed by atoms with van der Waals surface area (Å²) in [5.41, 5.74) is 1.98. The summed E-state index contributed by atoms with van der Waals surface area (Å²) in [5, 5.41) is 9.78. The van der Waals surface area contributed by atoms with E-state index in [0.717, 1.165) is 0 Å². The number of aliphatic hydroxyl groups is 1. The van der Waals surface area contributed by atoms with Crippen molar-refractivity contribution in [1.29, 1.82) is 0 Å². The van der Waals surface area contributed by atoms with Gasteiger partial charge in [0.25, 0.3) is 0 Å². The van der Waals surface area contributed by atoms with Gasteiger partial charge in [-0.2, -0.15) is 0 Å². The van der Waals surface area contributed by atoms with E-state index >= 15 is 0 Å². The summed E-state index contributed by atoms with van der Waals surface area (Å²) in [5.74, 6) is -1.23. The first-order valence-corrected chi connectivity index (χ1v) is 11.3. The number of halogens is 1.